The van der Waals surface area contributed by atoms with E-state index in [1.807, 2.05) is 48.5 Å². The van der Waals surface area contributed by atoms with E-state index in [1.165, 1.54) is 0 Å². The average Bonchev–Trinajstić information content (AvgIpc) is 2.84. The van der Waals surface area contributed by atoms with E-state index in [9.17, 15) is 0 Å². The summed E-state index contributed by atoms with van der Waals surface area (Å²) in [6.45, 7) is 0. The number of hydrogen-bond donors (Lipinski definition) is 0. The highest BCUT2D eigenvalue weighted by Gasteiger charge is 2.03. The zero-order valence-electron chi connectivity index (χ0n) is 16.7. The van der Waals surface area contributed by atoms with E-state index in [0.717, 1.165) is 33.4 Å². The van der Waals surface area contributed by atoms with Crippen LogP contribution >= 0.6 is 0 Å². The quantitative estimate of drug-likeness (QED) is 0.245. The zero-order chi connectivity index (χ0) is 20.4. The summed E-state index contributed by atoms with van der Waals surface area (Å²) >= 11 is 0. The summed E-state index contributed by atoms with van der Waals surface area (Å²) < 4.78 is 0. The van der Waals surface area contributed by atoms with Crippen LogP contribution in [0.3, 0.4) is 0 Å². The van der Waals surface area contributed by atoms with Crippen molar-refractivity contribution in [3.8, 4) is 0 Å². The summed E-state index contributed by atoms with van der Waals surface area (Å²) in [6.07, 6.45) is 4.22. The molecule has 0 N–H and O–H groups in total. The lowest BCUT2D eigenvalue weighted by Crippen LogP contribution is -1.85. The molecule has 0 nitrogen and oxygen atoms in total. The first kappa shape index (κ1) is 19.2. The Morgan fingerprint density at radius 1 is 0.467 bits per heavy atom. The predicted molar refractivity (Wildman–Crippen MR) is 128 cm³/mol. The molecule has 142 valence electrons. The fraction of sp³-hybridized carbons (Fsp3) is 0. The molecular formula is C30H22. The van der Waals surface area contributed by atoms with E-state index in [2.05, 4.69) is 96.4 Å². The molecule has 4 rings (SSSR count). The van der Waals surface area contributed by atoms with Crippen molar-refractivity contribution in [2.45, 2.75) is 0 Å². The van der Waals surface area contributed by atoms with Crippen LogP contribution in [0.5, 0.6) is 0 Å². The maximum atomic E-state index is 3.47. The van der Waals surface area contributed by atoms with Crippen molar-refractivity contribution in [3.63, 3.8) is 0 Å². The van der Waals surface area contributed by atoms with Crippen molar-refractivity contribution in [1.82, 2.24) is 0 Å². The standard InChI is InChI=1S/C30H22/c1-5-13-25(14-6-1)21-22-27(26-15-7-2-8-16-26)23-24-30(28-17-9-3-10-18-28)29-19-11-4-12-20-29/h1-22H. The van der Waals surface area contributed by atoms with Gasteiger partial charge < -0.3 is 0 Å². The average molecular weight is 383 g/mol. The van der Waals surface area contributed by atoms with Crippen LogP contribution in [0.1, 0.15) is 22.3 Å². The molecule has 0 fully saturated rings. The SMILES string of the molecule is C(=C=C(c1ccccc1)c1ccccc1)=C(C=Cc1ccccc1)c1ccccc1. The van der Waals surface area contributed by atoms with Crippen LogP contribution in [0.2, 0.25) is 0 Å². The predicted octanol–water partition coefficient (Wildman–Crippen LogP) is 7.67. The molecule has 0 aliphatic rings. The van der Waals surface area contributed by atoms with Gasteiger partial charge in [-0.15, -0.1) is 0 Å². The van der Waals surface area contributed by atoms with E-state index >= 15 is 0 Å². The Hall–Kier alpha value is -4.08. The Labute approximate surface area is 178 Å². The third-order valence-corrected chi connectivity index (χ3v) is 4.77. The number of hydrogen-bond acceptors (Lipinski definition) is 0. The molecule has 4 aromatic carbocycles. The van der Waals surface area contributed by atoms with Gasteiger partial charge >= 0.3 is 0 Å². The Morgan fingerprint density at radius 3 is 1.40 bits per heavy atom. The van der Waals surface area contributed by atoms with E-state index < -0.39 is 0 Å². The minimum Gasteiger partial charge on any atom is -0.0622 e. The molecule has 0 unspecified atom stereocenters. The van der Waals surface area contributed by atoms with E-state index in [4.69, 9.17) is 0 Å². The lowest BCUT2D eigenvalue weighted by Gasteiger charge is -2.04. The van der Waals surface area contributed by atoms with Gasteiger partial charge in [0.1, 0.15) is 0 Å². The minimum atomic E-state index is 0.990. The zero-order valence-corrected chi connectivity index (χ0v) is 16.7. The second-order valence-corrected chi connectivity index (χ2v) is 6.88. The van der Waals surface area contributed by atoms with Crippen LogP contribution in [0.25, 0.3) is 17.2 Å². The van der Waals surface area contributed by atoms with Crippen LogP contribution in [-0.4, -0.2) is 0 Å². The molecule has 0 spiro atoms. The lowest BCUT2D eigenvalue weighted by atomic mass is 9.98. The van der Waals surface area contributed by atoms with Gasteiger partial charge in [0, 0.05) is 11.1 Å². The molecular weight excluding hydrogens is 360 g/mol. The summed E-state index contributed by atoms with van der Waals surface area (Å²) in [4.78, 5) is 0. The summed E-state index contributed by atoms with van der Waals surface area (Å²) in [5.41, 5.74) is 13.4. The van der Waals surface area contributed by atoms with Crippen LogP contribution in [0, 0.1) is 0 Å². The van der Waals surface area contributed by atoms with Crippen LogP contribution in [-0.2, 0) is 0 Å². The third-order valence-electron chi connectivity index (χ3n) is 4.77. The molecule has 0 aliphatic carbocycles. The molecule has 0 radical (unpaired) electrons. The largest absolute Gasteiger partial charge is 0.0622 e. The highest BCUT2D eigenvalue weighted by molar-refractivity contribution is 5.82. The molecule has 0 amide bonds. The molecule has 0 aliphatic heterocycles. The summed E-state index contributed by atoms with van der Waals surface area (Å²) in [7, 11) is 0. The Bertz CT molecular complexity index is 1160. The Morgan fingerprint density at radius 2 is 0.900 bits per heavy atom. The minimum absolute atomic E-state index is 0.990. The van der Waals surface area contributed by atoms with Crippen LogP contribution in [0.15, 0.2) is 139 Å². The first-order chi connectivity index (χ1) is 14.9. The van der Waals surface area contributed by atoms with Gasteiger partial charge in [0.25, 0.3) is 0 Å². The molecule has 30 heavy (non-hydrogen) atoms. The lowest BCUT2D eigenvalue weighted by molar-refractivity contribution is 1.55. The van der Waals surface area contributed by atoms with Gasteiger partial charge in [-0.05, 0) is 28.3 Å². The second kappa shape index (κ2) is 9.92. The smallest absolute Gasteiger partial charge is 0.0393 e. The normalized spacial score (nSPS) is 10.3. The van der Waals surface area contributed by atoms with E-state index in [-0.39, 0.29) is 0 Å². The fourth-order valence-electron chi connectivity index (χ4n) is 3.22. The maximum Gasteiger partial charge on any atom is 0.0393 e. The highest BCUT2D eigenvalue weighted by atomic mass is 14.1. The van der Waals surface area contributed by atoms with Crippen molar-refractivity contribution in [2.75, 3.05) is 0 Å². The molecule has 0 saturated carbocycles. The van der Waals surface area contributed by atoms with Crippen LogP contribution < -0.4 is 0 Å². The van der Waals surface area contributed by atoms with Gasteiger partial charge in [0.2, 0.25) is 0 Å². The monoisotopic (exact) mass is 382 g/mol. The molecule has 0 bridgehead atoms. The third kappa shape index (κ3) is 5.04. The Kier molecular flexibility index (Phi) is 6.36. The van der Waals surface area contributed by atoms with Gasteiger partial charge in [-0.3, -0.25) is 0 Å². The van der Waals surface area contributed by atoms with Gasteiger partial charge in [0.05, 0.1) is 0 Å². The molecule has 0 atom stereocenters. The number of rotatable bonds is 5. The van der Waals surface area contributed by atoms with Crippen molar-refractivity contribution >= 4 is 17.2 Å². The summed E-state index contributed by atoms with van der Waals surface area (Å²) in [5.74, 6) is 0. The first-order valence-electron chi connectivity index (χ1n) is 10.1. The van der Waals surface area contributed by atoms with Crippen molar-refractivity contribution < 1.29 is 0 Å². The van der Waals surface area contributed by atoms with Crippen molar-refractivity contribution in [2.24, 2.45) is 0 Å². The second-order valence-electron chi connectivity index (χ2n) is 6.88. The van der Waals surface area contributed by atoms with Gasteiger partial charge in [-0.1, -0.05) is 139 Å². The maximum absolute atomic E-state index is 3.47. The Balaban J connectivity index is 1.91. The topological polar surface area (TPSA) is 0 Å². The molecule has 0 heteroatoms. The molecule has 0 saturated heterocycles. The molecule has 0 heterocycles. The first-order valence-corrected chi connectivity index (χ1v) is 10.1. The van der Waals surface area contributed by atoms with E-state index in [1.54, 1.807) is 0 Å². The molecule has 0 aromatic heterocycles. The van der Waals surface area contributed by atoms with Gasteiger partial charge in [0.15, 0.2) is 0 Å². The molecule has 4 aromatic rings. The van der Waals surface area contributed by atoms with Crippen molar-refractivity contribution in [1.29, 1.82) is 0 Å². The summed E-state index contributed by atoms with van der Waals surface area (Å²) in [6, 6.07) is 41.4. The van der Waals surface area contributed by atoms with Gasteiger partial charge in [-0.2, -0.15) is 0 Å². The van der Waals surface area contributed by atoms with Crippen molar-refractivity contribution in [3.05, 3.63) is 161 Å². The summed E-state index contributed by atoms with van der Waals surface area (Å²) in [5, 5.41) is 0. The van der Waals surface area contributed by atoms with E-state index in [0.29, 0.717) is 0 Å². The number of benzene rings is 4. The highest BCUT2D eigenvalue weighted by Crippen LogP contribution is 2.22. The van der Waals surface area contributed by atoms with Crippen LogP contribution in [0.4, 0.5) is 0 Å². The fourth-order valence-corrected chi connectivity index (χ4v) is 3.22. The van der Waals surface area contributed by atoms with Gasteiger partial charge in [-0.25, -0.2) is 0 Å². The number of allylic oxidation sites excluding steroid dienone is 2.